The van der Waals surface area contributed by atoms with Crippen LogP contribution in [0.5, 0.6) is 0 Å². The van der Waals surface area contributed by atoms with Gasteiger partial charge in [-0.15, -0.1) is 0 Å². The maximum absolute atomic E-state index is 13.3. The first-order valence-corrected chi connectivity index (χ1v) is 5.28. The fourth-order valence-corrected chi connectivity index (χ4v) is 1.42. The van der Waals surface area contributed by atoms with Crippen molar-refractivity contribution >= 4 is 5.91 Å². The van der Waals surface area contributed by atoms with Gasteiger partial charge in [0, 0.05) is 13.3 Å². The number of nitrogens with zero attached hydrogens (tertiary/aromatic N) is 1. The molecular weight excluding hydrogens is 225 g/mol. The van der Waals surface area contributed by atoms with Gasteiger partial charge in [-0.05, 0) is 19.0 Å². The van der Waals surface area contributed by atoms with Gasteiger partial charge >= 0.3 is 0 Å². The lowest BCUT2D eigenvalue weighted by atomic mass is 10.2. The van der Waals surface area contributed by atoms with Crippen LogP contribution in [0.15, 0.2) is 18.5 Å². The first-order valence-electron chi connectivity index (χ1n) is 5.28. The Labute approximate surface area is 99.2 Å². The highest BCUT2D eigenvalue weighted by Gasteiger charge is 2.15. The zero-order chi connectivity index (χ0) is 12.7. The number of hydrogen-bond acceptors (Lipinski definition) is 4. The molecule has 1 aromatic heterocycles. The summed E-state index contributed by atoms with van der Waals surface area (Å²) in [5.41, 5.74) is 5.38. The van der Waals surface area contributed by atoms with E-state index in [4.69, 9.17) is 10.5 Å². The molecule has 3 N–H and O–H groups in total. The Balaban J connectivity index is 2.67. The summed E-state index contributed by atoms with van der Waals surface area (Å²) in [5.74, 6) is -1.13. The maximum atomic E-state index is 13.3. The summed E-state index contributed by atoms with van der Waals surface area (Å²) >= 11 is 0. The molecule has 6 heteroatoms. The van der Waals surface area contributed by atoms with Crippen LogP contribution in [0.4, 0.5) is 4.39 Å². The molecule has 0 bridgehead atoms. The van der Waals surface area contributed by atoms with Crippen LogP contribution in [0.3, 0.4) is 0 Å². The number of halogens is 1. The summed E-state index contributed by atoms with van der Waals surface area (Å²) in [7, 11) is 1.53. The van der Waals surface area contributed by atoms with Gasteiger partial charge in [-0.1, -0.05) is 0 Å². The van der Waals surface area contributed by atoms with Gasteiger partial charge in [-0.2, -0.15) is 0 Å². The van der Waals surface area contributed by atoms with Gasteiger partial charge in [0.25, 0.3) is 5.91 Å². The molecule has 94 valence electrons. The summed E-state index contributed by atoms with van der Waals surface area (Å²) in [5, 5.41) is 2.66. The second-order valence-corrected chi connectivity index (χ2v) is 3.56. The predicted molar refractivity (Wildman–Crippen MR) is 61.0 cm³/mol. The minimum Gasteiger partial charge on any atom is -0.383 e. The van der Waals surface area contributed by atoms with E-state index in [1.807, 2.05) is 0 Å². The van der Waals surface area contributed by atoms with Crippen molar-refractivity contribution in [2.45, 2.75) is 12.5 Å². The molecule has 1 amide bonds. The van der Waals surface area contributed by atoms with Gasteiger partial charge in [0.2, 0.25) is 0 Å². The molecule has 0 aromatic carbocycles. The summed E-state index contributed by atoms with van der Waals surface area (Å²) in [6.07, 6.45) is 2.95. The molecule has 0 radical (unpaired) electrons. The molecule has 0 fully saturated rings. The van der Waals surface area contributed by atoms with Gasteiger partial charge in [0.15, 0.2) is 5.82 Å². The maximum Gasteiger partial charge on any atom is 0.254 e. The average Bonchev–Trinajstić information content (AvgIpc) is 2.30. The van der Waals surface area contributed by atoms with Crippen LogP contribution in [0.2, 0.25) is 0 Å². The van der Waals surface area contributed by atoms with Crippen molar-refractivity contribution in [2.24, 2.45) is 5.73 Å². The Morgan fingerprint density at radius 3 is 3.06 bits per heavy atom. The SMILES string of the molecule is COCC(CCN)NC(=O)c1ccncc1F. The van der Waals surface area contributed by atoms with Gasteiger partial charge in [0.05, 0.1) is 24.4 Å². The molecule has 0 spiro atoms. The number of hydrogen-bond donors (Lipinski definition) is 2. The van der Waals surface area contributed by atoms with Crippen molar-refractivity contribution < 1.29 is 13.9 Å². The zero-order valence-corrected chi connectivity index (χ0v) is 9.65. The van der Waals surface area contributed by atoms with Gasteiger partial charge in [-0.25, -0.2) is 4.39 Å². The lowest BCUT2D eigenvalue weighted by Crippen LogP contribution is -2.39. The number of rotatable bonds is 6. The van der Waals surface area contributed by atoms with E-state index in [0.29, 0.717) is 19.6 Å². The first-order chi connectivity index (χ1) is 8.19. The monoisotopic (exact) mass is 241 g/mol. The van der Waals surface area contributed by atoms with E-state index < -0.39 is 11.7 Å². The number of amides is 1. The summed E-state index contributed by atoms with van der Waals surface area (Å²) in [6.45, 7) is 0.767. The third-order valence-electron chi connectivity index (χ3n) is 2.24. The van der Waals surface area contributed by atoms with Crippen molar-refractivity contribution in [1.29, 1.82) is 0 Å². The fraction of sp³-hybridized carbons (Fsp3) is 0.455. The molecule has 0 aliphatic heterocycles. The number of methoxy groups -OCH3 is 1. The van der Waals surface area contributed by atoms with Crippen LogP contribution in [-0.2, 0) is 4.74 Å². The summed E-state index contributed by atoms with van der Waals surface area (Å²) < 4.78 is 18.2. The highest BCUT2D eigenvalue weighted by molar-refractivity contribution is 5.94. The number of aromatic nitrogens is 1. The van der Waals surface area contributed by atoms with E-state index in [1.165, 1.54) is 19.4 Å². The van der Waals surface area contributed by atoms with Crippen molar-refractivity contribution in [3.8, 4) is 0 Å². The van der Waals surface area contributed by atoms with Crippen molar-refractivity contribution in [3.63, 3.8) is 0 Å². The molecule has 1 aromatic rings. The van der Waals surface area contributed by atoms with E-state index in [-0.39, 0.29) is 11.6 Å². The largest absolute Gasteiger partial charge is 0.383 e. The number of ether oxygens (including phenoxy) is 1. The van der Waals surface area contributed by atoms with Gasteiger partial charge in [0.1, 0.15) is 0 Å². The Bertz CT molecular complexity index is 367. The molecular formula is C11H16FN3O2. The molecule has 1 heterocycles. The second-order valence-electron chi connectivity index (χ2n) is 3.56. The number of nitrogens with two attached hydrogens (primary N) is 1. The lowest BCUT2D eigenvalue weighted by molar-refractivity contribution is 0.0889. The molecule has 1 unspecified atom stereocenters. The minimum absolute atomic E-state index is 0.0295. The third-order valence-corrected chi connectivity index (χ3v) is 2.24. The molecule has 0 saturated carbocycles. The third kappa shape index (κ3) is 4.08. The second kappa shape index (κ2) is 6.93. The Hall–Kier alpha value is -1.53. The van der Waals surface area contributed by atoms with E-state index in [1.54, 1.807) is 0 Å². The predicted octanol–water partition coefficient (Wildman–Crippen LogP) is 0.314. The molecule has 0 saturated heterocycles. The van der Waals surface area contributed by atoms with Crippen molar-refractivity contribution in [1.82, 2.24) is 10.3 Å². The average molecular weight is 241 g/mol. The highest BCUT2D eigenvalue weighted by Crippen LogP contribution is 2.05. The summed E-state index contributed by atoms with van der Waals surface area (Å²) in [4.78, 5) is 15.3. The normalized spacial score (nSPS) is 12.2. The molecule has 17 heavy (non-hydrogen) atoms. The Morgan fingerprint density at radius 2 is 2.47 bits per heavy atom. The molecule has 1 rings (SSSR count). The smallest absolute Gasteiger partial charge is 0.254 e. The number of carbonyl (C=O) groups excluding carboxylic acids is 1. The minimum atomic E-state index is -0.645. The zero-order valence-electron chi connectivity index (χ0n) is 9.65. The topological polar surface area (TPSA) is 77.2 Å². The quantitative estimate of drug-likeness (QED) is 0.751. The van der Waals surface area contributed by atoms with E-state index >= 15 is 0 Å². The van der Waals surface area contributed by atoms with Crippen LogP contribution < -0.4 is 11.1 Å². The summed E-state index contributed by atoms with van der Waals surface area (Å²) in [6, 6.07) is 1.11. The molecule has 0 aliphatic carbocycles. The van der Waals surface area contributed by atoms with E-state index in [0.717, 1.165) is 6.20 Å². The number of carbonyl (C=O) groups is 1. The van der Waals surface area contributed by atoms with Crippen LogP contribution in [-0.4, -0.2) is 37.2 Å². The van der Waals surface area contributed by atoms with Gasteiger partial charge in [-0.3, -0.25) is 9.78 Å². The van der Waals surface area contributed by atoms with Crippen LogP contribution in [0.25, 0.3) is 0 Å². The van der Waals surface area contributed by atoms with E-state index in [2.05, 4.69) is 10.3 Å². The van der Waals surface area contributed by atoms with Crippen LogP contribution in [0.1, 0.15) is 16.8 Å². The van der Waals surface area contributed by atoms with E-state index in [9.17, 15) is 9.18 Å². The number of nitrogens with one attached hydrogen (secondary N) is 1. The Morgan fingerprint density at radius 1 is 1.71 bits per heavy atom. The Kier molecular flexibility index (Phi) is 5.51. The van der Waals surface area contributed by atoms with Crippen LogP contribution in [0, 0.1) is 5.82 Å². The number of pyridine rings is 1. The standard InChI is InChI=1S/C11H16FN3O2/c1-17-7-8(2-4-13)15-11(16)9-3-5-14-6-10(9)12/h3,5-6,8H,2,4,7,13H2,1H3,(H,15,16). The van der Waals surface area contributed by atoms with Crippen LogP contribution >= 0.6 is 0 Å². The first kappa shape index (κ1) is 13.5. The molecule has 0 aliphatic rings. The van der Waals surface area contributed by atoms with Crippen molar-refractivity contribution in [2.75, 3.05) is 20.3 Å². The highest BCUT2D eigenvalue weighted by atomic mass is 19.1. The van der Waals surface area contributed by atoms with Gasteiger partial charge < -0.3 is 15.8 Å². The fourth-order valence-electron chi connectivity index (χ4n) is 1.42. The molecule has 1 atom stereocenters. The van der Waals surface area contributed by atoms with Crippen molar-refractivity contribution in [3.05, 3.63) is 29.8 Å². The lowest BCUT2D eigenvalue weighted by Gasteiger charge is -2.17. The molecule has 5 nitrogen and oxygen atoms in total.